The van der Waals surface area contributed by atoms with Crippen molar-refractivity contribution in [2.24, 2.45) is 0 Å². The highest BCUT2D eigenvalue weighted by atomic mass is 16.6. The molecule has 134 valence electrons. The number of nitrogens with two attached hydrogens (primary N) is 1. The first-order chi connectivity index (χ1) is 11.3. The van der Waals surface area contributed by atoms with Crippen LogP contribution < -0.4 is 16.0 Å². The first kappa shape index (κ1) is 18.2. The molecule has 1 aromatic carbocycles. The standard InChI is InChI=1S/C18H30N4O2/c1-5-20-16-13-14(7-8-15(16)19)21-9-6-10-22(12-11-21)17(23)24-18(2,3)4/h7-8,13,20H,5-6,9-12,19H2,1-4H3. The summed E-state index contributed by atoms with van der Waals surface area (Å²) in [7, 11) is 0. The number of nitrogen functional groups attached to an aromatic ring is 1. The molecular weight excluding hydrogens is 304 g/mol. The average molecular weight is 334 g/mol. The number of rotatable bonds is 3. The normalized spacial score (nSPS) is 15.8. The highest BCUT2D eigenvalue weighted by Crippen LogP contribution is 2.26. The summed E-state index contributed by atoms with van der Waals surface area (Å²) in [6, 6.07) is 6.06. The van der Waals surface area contributed by atoms with Crippen LogP contribution in [0.25, 0.3) is 0 Å². The third-order valence-corrected chi connectivity index (χ3v) is 3.92. The summed E-state index contributed by atoms with van der Waals surface area (Å²) in [6.45, 7) is 11.7. The average Bonchev–Trinajstić information content (AvgIpc) is 2.74. The molecule has 0 spiro atoms. The van der Waals surface area contributed by atoms with E-state index in [1.165, 1.54) is 0 Å². The summed E-state index contributed by atoms with van der Waals surface area (Å²) in [4.78, 5) is 16.3. The summed E-state index contributed by atoms with van der Waals surface area (Å²) in [5.41, 5.74) is 8.40. The summed E-state index contributed by atoms with van der Waals surface area (Å²) in [5, 5.41) is 3.29. The second kappa shape index (κ2) is 7.64. The molecule has 0 bridgehead atoms. The molecule has 1 saturated heterocycles. The number of carbonyl (C=O) groups excluding carboxylic acids is 1. The number of amides is 1. The lowest BCUT2D eigenvalue weighted by atomic mass is 10.2. The molecule has 3 N–H and O–H groups in total. The Bertz CT molecular complexity index is 569. The van der Waals surface area contributed by atoms with Gasteiger partial charge in [-0.05, 0) is 52.3 Å². The Morgan fingerprint density at radius 3 is 2.67 bits per heavy atom. The second-order valence-corrected chi connectivity index (χ2v) is 7.11. The number of benzene rings is 1. The molecule has 0 aromatic heterocycles. The van der Waals surface area contributed by atoms with Crippen LogP contribution in [0.4, 0.5) is 21.9 Å². The SMILES string of the molecule is CCNc1cc(N2CCCN(C(=O)OC(C)(C)C)CC2)ccc1N. The van der Waals surface area contributed by atoms with Gasteiger partial charge < -0.3 is 25.6 Å². The minimum atomic E-state index is -0.458. The van der Waals surface area contributed by atoms with Gasteiger partial charge in [0.15, 0.2) is 0 Å². The predicted octanol–water partition coefficient (Wildman–Crippen LogP) is 3.15. The molecule has 0 unspecified atom stereocenters. The van der Waals surface area contributed by atoms with E-state index in [-0.39, 0.29) is 6.09 Å². The molecule has 0 atom stereocenters. The number of ether oxygens (including phenoxy) is 1. The number of anilines is 3. The molecule has 6 heteroatoms. The van der Waals surface area contributed by atoms with Gasteiger partial charge >= 0.3 is 6.09 Å². The predicted molar refractivity (Wildman–Crippen MR) is 99.7 cm³/mol. The van der Waals surface area contributed by atoms with Crippen LogP contribution in [0.3, 0.4) is 0 Å². The number of hydrogen-bond acceptors (Lipinski definition) is 5. The molecule has 1 heterocycles. The van der Waals surface area contributed by atoms with Crippen molar-refractivity contribution in [3.8, 4) is 0 Å². The van der Waals surface area contributed by atoms with Crippen LogP contribution >= 0.6 is 0 Å². The van der Waals surface area contributed by atoms with Gasteiger partial charge in [-0.25, -0.2) is 4.79 Å². The first-order valence-electron chi connectivity index (χ1n) is 8.66. The van der Waals surface area contributed by atoms with Gasteiger partial charge in [0, 0.05) is 38.4 Å². The number of carbonyl (C=O) groups is 1. The molecule has 1 aliphatic rings. The van der Waals surface area contributed by atoms with Crippen molar-refractivity contribution >= 4 is 23.2 Å². The maximum absolute atomic E-state index is 12.3. The van der Waals surface area contributed by atoms with E-state index in [1.54, 1.807) is 4.90 Å². The fourth-order valence-electron chi connectivity index (χ4n) is 2.77. The van der Waals surface area contributed by atoms with E-state index in [0.717, 1.165) is 49.7 Å². The summed E-state index contributed by atoms with van der Waals surface area (Å²) in [5.74, 6) is 0. The van der Waals surface area contributed by atoms with E-state index >= 15 is 0 Å². The van der Waals surface area contributed by atoms with Crippen molar-refractivity contribution < 1.29 is 9.53 Å². The summed E-state index contributed by atoms with van der Waals surface area (Å²) < 4.78 is 5.48. The van der Waals surface area contributed by atoms with Gasteiger partial charge in [0.2, 0.25) is 0 Å². The van der Waals surface area contributed by atoms with E-state index in [0.29, 0.717) is 6.54 Å². The topological polar surface area (TPSA) is 70.8 Å². The smallest absolute Gasteiger partial charge is 0.410 e. The van der Waals surface area contributed by atoms with Crippen LogP contribution in [0.2, 0.25) is 0 Å². The largest absolute Gasteiger partial charge is 0.444 e. The van der Waals surface area contributed by atoms with Gasteiger partial charge in [-0.15, -0.1) is 0 Å². The lowest BCUT2D eigenvalue weighted by molar-refractivity contribution is 0.0263. The molecule has 24 heavy (non-hydrogen) atoms. The van der Waals surface area contributed by atoms with Crippen LogP contribution in [0.15, 0.2) is 18.2 Å². The Morgan fingerprint density at radius 1 is 1.25 bits per heavy atom. The van der Waals surface area contributed by atoms with Crippen molar-refractivity contribution in [2.45, 2.75) is 39.7 Å². The van der Waals surface area contributed by atoms with E-state index < -0.39 is 5.60 Å². The van der Waals surface area contributed by atoms with Gasteiger partial charge in [0.25, 0.3) is 0 Å². The Morgan fingerprint density at radius 2 is 2.00 bits per heavy atom. The third kappa shape index (κ3) is 4.94. The zero-order valence-electron chi connectivity index (χ0n) is 15.3. The van der Waals surface area contributed by atoms with Crippen molar-refractivity contribution in [2.75, 3.05) is 48.7 Å². The first-order valence-corrected chi connectivity index (χ1v) is 8.66. The van der Waals surface area contributed by atoms with Crippen LogP contribution in [0.1, 0.15) is 34.1 Å². The fraction of sp³-hybridized carbons (Fsp3) is 0.611. The highest BCUT2D eigenvalue weighted by molar-refractivity contribution is 5.72. The van der Waals surface area contributed by atoms with Gasteiger partial charge in [0.05, 0.1) is 11.4 Å². The van der Waals surface area contributed by atoms with Crippen LogP contribution in [0, 0.1) is 0 Å². The van der Waals surface area contributed by atoms with E-state index in [4.69, 9.17) is 10.5 Å². The van der Waals surface area contributed by atoms with Crippen molar-refractivity contribution in [1.82, 2.24) is 4.90 Å². The minimum absolute atomic E-state index is 0.227. The number of nitrogens with zero attached hydrogens (tertiary/aromatic N) is 2. The molecule has 0 radical (unpaired) electrons. The van der Waals surface area contributed by atoms with Crippen molar-refractivity contribution in [3.63, 3.8) is 0 Å². The van der Waals surface area contributed by atoms with E-state index in [9.17, 15) is 4.79 Å². The summed E-state index contributed by atoms with van der Waals surface area (Å²) in [6.07, 6.45) is 0.690. The van der Waals surface area contributed by atoms with Crippen LogP contribution in [0.5, 0.6) is 0 Å². The Labute approximate surface area is 144 Å². The Balaban J connectivity index is 2.03. The van der Waals surface area contributed by atoms with Gasteiger partial charge in [-0.2, -0.15) is 0 Å². The lowest BCUT2D eigenvalue weighted by Crippen LogP contribution is -2.39. The third-order valence-electron chi connectivity index (χ3n) is 3.92. The Kier molecular flexibility index (Phi) is 5.80. The molecule has 0 aliphatic carbocycles. The van der Waals surface area contributed by atoms with Crippen LogP contribution in [-0.4, -0.2) is 49.3 Å². The Hall–Kier alpha value is -2.11. The zero-order chi connectivity index (χ0) is 17.7. The quantitative estimate of drug-likeness (QED) is 0.831. The van der Waals surface area contributed by atoms with Gasteiger partial charge in [-0.1, -0.05) is 0 Å². The highest BCUT2D eigenvalue weighted by Gasteiger charge is 2.24. The molecule has 1 amide bonds. The molecular formula is C18H30N4O2. The van der Waals surface area contributed by atoms with E-state index in [1.807, 2.05) is 32.9 Å². The minimum Gasteiger partial charge on any atom is -0.444 e. The molecule has 1 aromatic rings. The molecule has 2 rings (SSSR count). The number of hydrogen-bond donors (Lipinski definition) is 2. The molecule has 6 nitrogen and oxygen atoms in total. The van der Waals surface area contributed by atoms with Gasteiger partial charge in [0.1, 0.15) is 5.60 Å². The van der Waals surface area contributed by atoms with Crippen molar-refractivity contribution in [3.05, 3.63) is 18.2 Å². The zero-order valence-corrected chi connectivity index (χ0v) is 15.3. The molecule has 1 aliphatic heterocycles. The maximum Gasteiger partial charge on any atom is 0.410 e. The van der Waals surface area contributed by atoms with Crippen molar-refractivity contribution in [1.29, 1.82) is 0 Å². The molecule has 1 fully saturated rings. The molecule has 0 saturated carbocycles. The van der Waals surface area contributed by atoms with Gasteiger partial charge in [-0.3, -0.25) is 0 Å². The van der Waals surface area contributed by atoms with E-state index in [2.05, 4.69) is 23.2 Å². The monoisotopic (exact) mass is 334 g/mol. The van der Waals surface area contributed by atoms with Crippen LogP contribution in [-0.2, 0) is 4.74 Å². The second-order valence-electron chi connectivity index (χ2n) is 7.11. The lowest BCUT2D eigenvalue weighted by Gasteiger charge is -2.27. The number of nitrogens with one attached hydrogen (secondary N) is 1. The summed E-state index contributed by atoms with van der Waals surface area (Å²) >= 11 is 0. The fourth-order valence-corrected chi connectivity index (χ4v) is 2.77. The maximum atomic E-state index is 12.3.